The molecule has 5 N–H and O–H groups in total. The number of hydrogen-bond donors (Lipinski definition) is 5. The monoisotopic (exact) mass is 543 g/mol. The van der Waals surface area contributed by atoms with E-state index in [1.807, 2.05) is 0 Å². The molecule has 1 amide bonds. The molecule has 0 saturated carbocycles. The van der Waals surface area contributed by atoms with Crippen molar-refractivity contribution >= 4 is 18.2 Å². The highest BCUT2D eigenvalue weighted by atomic mass is 16.7. The van der Waals surface area contributed by atoms with Crippen molar-refractivity contribution in [2.45, 2.75) is 95.9 Å². The summed E-state index contributed by atoms with van der Waals surface area (Å²) in [4.78, 5) is 37.1. The fraction of sp³-hybridized carbons (Fsp3) is 0.640. The normalized spacial score (nSPS) is 24.6. The highest BCUT2D eigenvalue weighted by Crippen LogP contribution is 2.21. The first-order chi connectivity index (χ1) is 17.4. The summed E-state index contributed by atoms with van der Waals surface area (Å²) in [7, 11) is 0. The lowest BCUT2D eigenvalue weighted by Gasteiger charge is -2.38. The predicted octanol–water partition coefficient (Wildman–Crippen LogP) is 0.779. The van der Waals surface area contributed by atoms with Gasteiger partial charge in [0.25, 0.3) is 0 Å². The zero-order valence-electron chi connectivity index (χ0n) is 22.2. The third kappa shape index (κ3) is 10.1. The van der Waals surface area contributed by atoms with Gasteiger partial charge in [0, 0.05) is 6.42 Å². The Labute approximate surface area is 220 Å². The number of amides is 1. The number of hydrogen-bond acceptors (Lipinski definition) is 12. The van der Waals surface area contributed by atoms with Crippen LogP contribution in [0.2, 0.25) is 0 Å². The van der Waals surface area contributed by atoms with Crippen LogP contribution in [0.4, 0.5) is 9.59 Å². The topological polar surface area (TPSA) is 190 Å². The molecular formula is C25H37NO12. The SMILES string of the molecule is CC(C)(C)OC(=O)N[C@H](Cc1ccc(OC(=O)OC(C)(C)C)cc1)C(=O)OC[C@H]1O[C@H](O)[C@@H](O)[C@H](O)[C@H]1O. The quantitative estimate of drug-likeness (QED) is 0.185. The number of esters is 1. The van der Waals surface area contributed by atoms with Crippen LogP contribution in [0.25, 0.3) is 0 Å². The fourth-order valence-electron chi connectivity index (χ4n) is 3.27. The molecule has 1 aliphatic heterocycles. The van der Waals surface area contributed by atoms with E-state index >= 15 is 0 Å². The number of carbonyl (C=O) groups excluding carboxylic acids is 3. The number of rotatable bonds is 7. The standard InChI is InChI=1S/C25H37NO12/c1-24(2,3)37-22(32)26-15(20(30)34-12-16-17(27)18(28)19(29)21(31)36-16)11-13-7-9-14(10-8-13)35-23(33)38-25(4,5)6/h7-10,15-19,21,27-29,31H,11-12H2,1-6H3,(H,26,32)/t15-,16-,17+,18-,19+,21+/m1/s1. The lowest BCUT2D eigenvalue weighted by Crippen LogP contribution is -2.59. The van der Waals surface area contributed by atoms with E-state index < -0.39 is 72.8 Å². The number of carbonyl (C=O) groups is 3. The number of ether oxygens (including phenoxy) is 5. The van der Waals surface area contributed by atoms with Gasteiger partial charge in [0.05, 0.1) is 0 Å². The van der Waals surface area contributed by atoms with Crippen LogP contribution >= 0.6 is 0 Å². The number of alkyl carbamates (subject to hydrolysis) is 1. The Kier molecular flexibility index (Phi) is 10.5. The summed E-state index contributed by atoms with van der Waals surface area (Å²) in [6.45, 7) is 9.45. The average molecular weight is 544 g/mol. The minimum absolute atomic E-state index is 0.0527. The Morgan fingerprint density at radius 3 is 2.03 bits per heavy atom. The molecule has 0 spiro atoms. The molecule has 1 heterocycles. The molecule has 0 radical (unpaired) electrons. The van der Waals surface area contributed by atoms with Crippen molar-refractivity contribution in [1.29, 1.82) is 0 Å². The third-order valence-electron chi connectivity index (χ3n) is 5.01. The van der Waals surface area contributed by atoms with Gasteiger partial charge in [0.2, 0.25) is 0 Å². The zero-order valence-corrected chi connectivity index (χ0v) is 22.2. The van der Waals surface area contributed by atoms with E-state index in [1.165, 1.54) is 12.1 Å². The molecular weight excluding hydrogens is 506 g/mol. The Morgan fingerprint density at radius 1 is 0.895 bits per heavy atom. The molecule has 0 unspecified atom stereocenters. The van der Waals surface area contributed by atoms with E-state index in [9.17, 15) is 34.8 Å². The molecule has 1 aliphatic rings. The Bertz CT molecular complexity index is 953. The molecule has 214 valence electrons. The van der Waals surface area contributed by atoms with Crippen LogP contribution < -0.4 is 10.1 Å². The number of aliphatic hydroxyl groups is 4. The maximum atomic E-state index is 12.9. The van der Waals surface area contributed by atoms with Gasteiger partial charge in [-0.15, -0.1) is 0 Å². The molecule has 38 heavy (non-hydrogen) atoms. The van der Waals surface area contributed by atoms with Crippen LogP contribution in [-0.2, 0) is 30.2 Å². The lowest BCUT2D eigenvalue weighted by atomic mass is 9.99. The summed E-state index contributed by atoms with van der Waals surface area (Å²) in [5.74, 6) is -0.721. The first-order valence-corrected chi connectivity index (χ1v) is 12.0. The van der Waals surface area contributed by atoms with Gasteiger partial charge < -0.3 is 49.4 Å². The Hall–Kier alpha value is -2.97. The van der Waals surface area contributed by atoms with Crippen LogP contribution in [-0.4, -0.2) is 93.2 Å². The van der Waals surface area contributed by atoms with E-state index in [1.54, 1.807) is 53.7 Å². The third-order valence-corrected chi connectivity index (χ3v) is 5.01. The molecule has 1 aromatic rings. The first kappa shape index (κ1) is 31.2. The summed E-state index contributed by atoms with van der Waals surface area (Å²) in [5.41, 5.74) is -1.01. The minimum Gasteiger partial charge on any atom is -0.461 e. The van der Waals surface area contributed by atoms with Crippen LogP contribution in [0.5, 0.6) is 5.75 Å². The zero-order chi connectivity index (χ0) is 28.8. The molecule has 1 saturated heterocycles. The van der Waals surface area contributed by atoms with Crippen LogP contribution in [0, 0.1) is 0 Å². The number of benzene rings is 1. The van der Waals surface area contributed by atoms with E-state index in [4.69, 9.17) is 23.7 Å². The van der Waals surface area contributed by atoms with Crippen molar-refractivity contribution in [3.63, 3.8) is 0 Å². The summed E-state index contributed by atoms with van der Waals surface area (Å²) < 4.78 is 25.6. The number of nitrogens with one attached hydrogen (secondary N) is 1. The minimum atomic E-state index is -1.80. The molecule has 1 aromatic carbocycles. The highest BCUT2D eigenvalue weighted by molar-refractivity contribution is 5.81. The van der Waals surface area contributed by atoms with Gasteiger partial charge in [0.15, 0.2) is 6.29 Å². The Morgan fingerprint density at radius 2 is 1.47 bits per heavy atom. The fourth-order valence-corrected chi connectivity index (χ4v) is 3.27. The average Bonchev–Trinajstić information content (AvgIpc) is 2.77. The molecule has 0 bridgehead atoms. The molecule has 2 rings (SSSR count). The molecule has 13 nitrogen and oxygen atoms in total. The molecule has 0 aromatic heterocycles. The van der Waals surface area contributed by atoms with E-state index in [0.717, 1.165) is 0 Å². The summed E-state index contributed by atoms with van der Waals surface area (Å²) >= 11 is 0. The van der Waals surface area contributed by atoms with Gasteiger partial charge in [-0.3, -0.25) is 0 Å². The molecule has 13 heteroatoms. The first-order valence-electron chi connectivity index (χ1n) is 12.0. The summed E-state index contributed by atoms with van der Waals surface area (Å²) in [6, 6.07) is 4.85. The van der Waals surface area contributed by atoms with Crippen molar-refractivity contribution in [3.8, 4) is 5.75 Å². The van der Waals surface area contributed by atoms with Gasteiger partial charge >= 0.3 is 18.2 Å². The van der Waals surface area contributed by atoms with Gasteiger partial charge in [-0.25, -0.2) is 14.4 Å². The van der Waals surface area contributed by atoms with Crippen molar-refractivity contribution in [3.05, 3.63) is 29.8 Å². The second-order valence-corrected chi connectivity index (χ2v) is 10.8. The van der Waals surface area contributed by atoms with E-state index in [0.29, 0.717) is 5.56 Å². The summed E-state index contributed by atoms with van der Waals surface area (Å²) in [6.07, 6.45) is -10.0. The maximum absolute atomic E-state index is 12.9. The van der Waals surface area contributed by atoms with Crippen molar-refractivity contribution in [1.82, 2.24) is 5.32 Å². The van der Waals surface area contributed by atoms with Crippen LogP contribution in [0.3, 0.4) is 0 Å². The summed E-state index contributed by atoms with van der Waals surface area (Å²) in [5, 5.41) is 41.6. The van der Waals surface area contributed by atoms with Crippen molar-refractivity contribution < 1.29 is 58.5 Å². The Balaban J connectivity index is 2.08. The maximum Gasteiger partial charge on any atom is 0.514 e. The van der Waals surface area contributed by atoms with Gasteiger partial charge in [-0.1, -0.05) is 12.1 Å². The van der Waals surface area contributed by atoms with Gasteiger partial charge in [-0.05, 0) is 59.2 Å². The largest absolute Gasteiger partial charge is 0.514 e. The van der Waals surface area contributed by atoms with Gasteiger partial charge in [0.1, 0.15) is 54.0 Å². The van der Waals surface area contributed by atoms with Crippen LogP contribution in [0.15, 0.2) is 24.3 Å². The highest BCUT2D eigenvalue weighted by Gasteiger charge is 2.43. The van der Waals surface area contributed by atoms with E-state index in [-0.39, 0.29) is 12.2 Å². The van der Waals surface area contributed by atoms with E-state index in [2.05, 4.69) is 5.32 Å². The molecule has 1 fully saturated rings. The molecule has 6 atom stereocenters. The smallest absolute Gasteiger partial charge is 0.461 e. The number of aliphatic hydroxyl groups excluding tert-OH is 4. The van der Waals surface area contributed by atoms with Crippen LogP contribution in [0.1, 0.15) is 47.1 Å². The second-order valence-electron chi connectivity index (χ2n) is 10.8. The van der Waals surface area contributed by atoms with Crippen molar-refractivity contribution in [2.24, 2.45) is 0 Å². The van der Waals surface area contributed by atoms with Gasteiger partial charge in [-0.2, -0.15) is 0 Å². The van der Waals surface area contributed by atoms with Crippen molar-refractivity contribution in [2.75, 3.05) is 6.61 Å². The molecule has 0 aliphatic carbocycles. The predicted molar refractivity (Wildman–Crippen MR) is 130 cm³/mol. The lowest BCUT2D eigenvalue weighted by molar-refractivity contribution is -0.287. The second kappa shape index (κ2) is 12.7.